The number of benzene rings is 3. The fourth-order valence-electron chi connectivity index (χ4n) is 5.61. The SMILES string of the molecule is CCNC(=O)CNC(=O)C(C)NC[C@H](Cc1ccccc1)NC(=O)c1cc(C(=O)N[C@H](C)c2cccc(Cl)c2)cc(N(C)S(=O)(=O)N2CCOCC2)c1. The van der Waals surface area contributed by atoms with E-state index in [2.05, 4.69) is 26.6 Å². The summed E-state index contributed by atoms with van der Waals surface area (Å²) in [6.45, 7) is 6.49. The fraction of sp³-hybridized carbons (Fsp3) is 0.405. The van der Waals surface area contributed by atoms with Crippen molar-refractivity contribution in [1.29, 1.82) is 0 Å². The number of rotatable bonds is 17. The van der Waals surface area contributed by atoms with Crippen LogP contribution in [0, 0.1) is 0 Å². The molecule has 53 heavy (non-hydrogen) atoms. The number of hydrogen-bond acceptors (Lipinski definition) is 8. The standard InChI is InChI=1S/C37H48ClN7O7S/c1-5-39-34(46)24-41-35(47)26(3)40-23-32(18-27-10-7-6-8-11-27)43-37(49)30-19-29(36(48)42-25(2)28-12-9-13-31(38)20-28)21-33(22-30)44(4)53(50,51)45-14-16-52-17-15-45/h6-13,19-22,25-26,32,40H,5,14-18,23-24H2,1-4H3,(H,39,46)(H,41,47)(H,42,48)(H,43,49)/t25-,26?,32+/m1/s1. The van der Waals surface area contributed by atoms with E-state index in [1.807, 2.05) is 36.4 Å². The molecule has 286 valence electrons. The zero-order valence-electron chi connectivity index (χ0n) is 30.4. The summed E-state index contributed by atoms with van der Waals surface area (Å²) in [5, 5.41) is 14.8. The van der Waals surface area contributed by atoms with Gasteiger partial charge < -0.3 is 31.3 Å². The number of halogens is 1. The van der Waals surface area contributed by atoms with Crippen LogP contribution >= 0.6 is 11.6 Å². The van der Waals surface area contributed by atoms with Gasteiger partial charge in [-0.15, -0.1) is 0 Å². The Morgan fingerprint density at radius 1 is 0.887 bits per heavy atom. The van der Waals surface area contributed by atoms with E-state index in [0.717, 1.165) is 15.4 Å². The summed E-state index contributed by atoms with van der Waals surface area (Å²) in [6, 6.07) is 19.1. The molecule has 0 spiro atoms. The Labute approximate surface area is 316 Å². The van der Waals surface area contributed by atoms with Gasteiger partial charge in [0.25, 0.3) is 11.8 Å². The molecule has 1 fully saturated rings. The number of amides is 4. The van der Waals surface area contributed by atoms with Crippen molar-refractivity contribution < 1.29 is 32.3 Å². The van der Waals surface area contributed by atoms with Crippen molar-refractivity contribution in [2.75, 3.05) is 57.3 Å². The Balaban J connectivity index is 1.61. The van der Waals surface area contributed by atoms with Crippen LogP contribution in [0.2, 0.25) is 5.02 Å². The van der Waals surface area contributed by atoms with E-state index >= 15 is 0 Å². The van der Waals surface area contributed by atoms with Crippen molar-refractivity contribution in [2.45, 2.75) is 45.3 Å². The molecule has 1 unspecified atom stereocenters. The van der Waals surface area contributed by atoms with E-state index in [1.54, 1.807) is 39.0 Å². The molecule has 1 aliphatic rings. The summed E-state index contributed by atoms with van der Waals surface area (Å²) in [7, 11) is -2.67. The second kappa shape index (κ2) is 19.5. The van der Waals surface area contributed by atoms with Crippen LogP contribution in [0.15, 0.2) is 72.8 Å². The lowest BCUT2D eigenvalue weighted by Crippen LogP contribution is -2.50. The first-order chi connectivity index (χ1) is 25.3. The Hall–Kier alpha value is -4.54. The number of anilines is 1. The van der Waals surface area contributed by atoms with Crippen LogP contribution < -0.4 is 30.9 Å². The molecule has 1 aliphatic heterocycles. The molecule has 4 amide bonds. The first-order valence-electron chi connectivity index (χ1n) is 17.4. The summed E-state index contributed by atoms with van der Waals surface area (Å²) in [5.41, 5.74) is 1.92. The van der Waals surface area contributed by atoms with Gasteiger partial charge in [0, 0.05) is 55.4 Å². The minimum atomic E-state index is -4.04. The van der Waals surface area contributed by atoms with Gasteiger partial charge in [-0.2, -0.15) is 12.7 Å². The minimum absolute atomic E-state index is 0.0536. The lowest BCUT2D eigenvalue weighted by atomic mass is 10.0. The largest absolute Gasteiger partial charge is 0.379 e. The molecular weight excluding hydrogens is 722 g/mol. The van der Waals surface area contributed by atoms with Gasteiger partial charge in [-0.05, 0) is 68.7 Å². The molecule has 0 aromatic heterocycles. The first kappa shape index (κ1) is 41.2. The number of carbonyl (C=O) groups excluding carboxylic acids is 4. The summed E-state index contributed by atoms with van der Waals surface area (Å²) in [5.74, 6) is -1.78. The van der Waals surface area contributed by atoms with Crippen LogP contribution in [0.5, 0.6) is 0 Å². The van der Waals surface area contributed by atoms with E-state index in [4.69, 9.17) is 16.3 Å². The topological polar surface area (TPSA) is 178 Å². The molecule has 3 aromatic rings. The highest BCUT2D eigenvalue weighted by atomic mass is 35.5. The minimum Gasteiger partial charge on any atom is -0.379 e. The van der Waals surface area contributed by atoms with Gasteiger partial charge in [0.15, 0.2) is 0 Å². The second-order valence-corrected chi connectivity index (χ2v) is 15.1. The summed E-state index contributed by atoms with van der Waals surface area (Å²) in [6.07, 6.45) is 0.391. The van der Waals surface area contributed by atoms with E-state index in [9.17, 15) is 27.6 Å². The smallest absolute Gasteiger partial charge is 0.303 e. The van der Waals surface area contributed by atoms with Crippen molar-refractivity contribution in [3.63, 3.8) is 0 Å². The average molecular weight is 770 g/mol. The van der Waals surface area contributed by atoms with Crippen molar-refractivity contribution >= 4 is 51.1 Å². The average Bonchev–Trinajstić information content (AvgIpc) is 3.16. The molecule has 1 heterocycles. The number of likely N-dealkylation sites (N-methyl/N-ethyl adjacent to an activating group) is 1. The monoisotopic (exact) mass is 769 g/mol. The zero-order chi connectivity index (χ0) is 38.5. The number of carbonyl (C=O) groups is 4. The Bertz CT molecular complexity index is 1840. The predicted octanol–water partition coefficient (Wildman–Crippen LogP) is 2.42. The Kier molecular flexibility index (Phi) is 15.2. The Morgan fingerprint density at radius 2 is 1.55 bits per heavy atom. The summed E-state index contributed by atoms with van der Waals surface area (Å²) in [4.78, 5) is 52.3. The zero-order valence-corrected chi connectivity index (χ0v) is 31.9. The lowest BCUT2D eigenvalue weighted by molar-refractivity contribution is -0.127. The molecule has 16 heteroatoms. The maximum absolute atomic E-state index is 14.0. The summed E-state index contributed by atoms with van der Waals surface area (Å²) >= 11 is 6.17. The van der Waals surface area contributed by atoms with E-state index < -0.39 is 40.1 Å². The van der Waals surface area contributed by atoms with Gasteiger partial charge in [-0.25, -0.2) is 0 Å². The van der Waals surface area contributed by atoms with Crippen LogP contribution in [-0.4, -0.2) is 101 Å². The number of nitrogens with zero attached hydrogens (tertiary/aromatic N) is 2. The lowest BCUT2D eigenvalue weighted by Gasteiger charge is -2.31. The Morgan fingerprint density at radius 3 is 2.19 bits per heavy atom. The molecule has 3 aromatic carbocycles. The first-order valence-corrected chi connectivity index (χ1v) is 19.2. The van der Waals surface area contributed by atoms with Gasteiger partial charge >= 0.3 is 10.2 Å². The number of hydrogen-bond donors (Lipinski definition) is 5. The highest BCUT2D eigenvalue weighted by Crippen LogP contribution is 2.25. The van der Waals surface area contributed by atoms with E-state index in [1.165, 1.54) is 29.6 Å². The van der Waals surface area contributed by atoms with Gasteiger partial charge in [-0.1, -0.05) is 54.1 Å². The number of ether oxygens (including phenoxy) is 1. The van der Waals surface area contributed by atoms with E-state index in [0.29, 0.717) is 18.0 Å². The number of morpholine rings is 1. The third kappa shape index (κ3) is 12.0. The van der Waals surface area contributed by atoms with Crippen molar-refractivity contribution in [1.82, 2.24) is 30.9 Å². The van der Waals surface area contributed by atoms with Gasteiger partial charge in [-0.3, -0.25) is 23.5 Å². The van der Waals surface area contributed by atoms with Crippen LogP contribution in [0.25, 0.3) is 0 Å². The molecule has 3 atom stereocenters. The highest BCUT2D eigenvalue weighted by molar-refractivity contribution is 7.90. The molecule has 0 saturated carbocycles. The van der Waals surface area contributed by atoms with Crippen LogP contribution in [-0.2, 0) is 31.0 Å². The molecule has 4 rings (SSSR count). The molecular formula is C37H48ClN7O7S. The quantitative estimate of drug-likeness (QED) is 0.139. The molecule has 0 bridgehead atoms. The molecule has 0 aliphatic carbocycles. The predicted molar refractivity (Wildman–Crippen MR) is 204 cm³/mol. The fourth-order valence-corrected chi connectivity index (χ4v) is 7.14. The van der Waals surface area contributed by atoms with Gasteiger partial charge in [0.05, 0.1) is 37.5 Å². The van der Waals surface area contributed by atoms with Gasteiger partial charge in [0.2, 0.25) is 11.8 Å². The molecule has 1 saturated heterocycles. The van der Waals surface area contributed by atoms with Gasteiger partial charge in [0.1, 0.15) is 0 Å². The van der Waals surface area contributed by atoms with Crippen molar-refractivity contribution in [2.24, 2.45) is 0 Å². The summed E-state index contributed by atoms with van der Waals surface area (Å²) < 4.78 is 35.0. The van der Waals surface area contributed by atoms with E-state index in [-0.39, 0.29) is 68.0 Å². The second-order valence-electron chi connectivity index (χ2n) is 12.7. The number of nitrogens with one attached hydrogen (secondary N) is 5. The maximum Gasteiger partial charge on any atom is 0.303 e. The van der Waals surface area contributed by atoms with Crippen LogP contribution in [0.1, 0.15) is 58.7 Å². The van der Waals surface area contributed by atoms with Crippen molar-refractivity contribution in [3.8, 4) is 0 Å². The molecule has 5 N–H and O–H groups in total. The third-order valence-corrected chi connectivity index (χ3v) is 10.8. The van der Waals surface area contributed by atoms with Crippen LogP contribution in [0.4, 0.5) is 5.69 Å². The van der Waals surface area contributed by atoms with Crippen molar-refractivity contribution in [3.05, 3.63) is 100 Å². The van der Waals surface area contributed by atoms with Crippen LogP contribution in [0.3, 0.4) is 0 Å². The molecule has 14 nitrogen and oxygen atoms in total. The third-order valence-electron chi connectivity index (χ3n) is 8.67. The highest BCUT2D eigenvalue weighted by Gasteiger charge is 2.30. The molecule has 0 radical (unpaired) electrons. The maximum atomic E-state index is 14.0. The normalized spacial score (nSPS) is 15.0.